The van der Waals surface area contributed by atoms with E-state index in [2.05, 4.69) is 15.5 Å². The molecule has 0 atom stereocenters. The van der Waals surface area contributed by atoms with Crippen LogP contribution >= 0.6 is 23.1 Å². The minimum atomic E-state index is -0.434. The zero-order valence-electron chi connectivity index (χ0n) is 17.8. The highest BCUT2D eigenvalue weighted by Gasteiger charge is 2.20. The Bertz CT molecular complexity index is 1080. The molecule has 0 aliphatic rings. The van der Waals surface area contributed by atoms with Crippen molar-refractivity contribution in [1.29, 1.82) is 0 Å². The topological polar surface area (TPSA) is 95.3 Å². The molecule has 0 aliphatic heterocycles. The quantitative estimate of drug-likeness (QED) is 0.381. The van der Waals surface area contributed by atoms with Crippen molar-refractivity contribution in [1.82, 2.24) is 14.8 Å². The number of carbonyl (C=O) groups is 2. The largest absolute Gasteiger partial charge is 0.496 e. The summed E-state index contributed by atoms with van der Waals surface area (Å²) in [6.45, 7) is 4.02. The highest BCUT2D eigenvalue weighted by atomic mass is 32.2. The molecule has 3 rings (SSSR count). The Morgan fingerprint density at radius 2 is 2.00 bits per heavy atom. The number of aryl methyl sites for hydroxylation is 1. The Kier molecular flexibility index (Phi) is 7.69. The van der Waals surface area contributed by atoms with Crippen LogP contribution in [0.5, 0.6) is 5.75 Å². The van der Waals surface area contributed by atoms with Crippen molar-refractivity contribution in [2.75, 3.05) is 24.8 Å². The highest BCUT2D eigenvalue weighted by molar-refractivity contribution is 7.99. The summed E-state index contributed by atoms with van der Waals surface area (Å²) < 4.78 is 12.3. The first-order valence-corrected chi connectivity index (χ1v) is 11.5. The van der Waals surface area contributed by atoms with Gasteiger partial charge in [0.15, 0.2) is 11.0 Å². The second kappa shape index (κ2) is 10.5. The van der Waals surface area contributed by atoms with Gasteiger partial charge in [-0.2, -0.15) is 0 Å². The first kappa shape index (κ1) is 22.8. The minimum Gasteiger partial charge on any atom is -0.496 e. The van der Waals surface area contributed by atoms with Crippen molar-refractivity contribution < 1.29 is 19.1 Å². The van der Waals surface area contributed by atoms with Gasteiger partial charge in [-0.05, 0) is 31.5 Å². The lowest BCUT2D eigenvalue weighted by Crippen LogP contribution is -2.16. The Morgan fingerprint density at radius 1 is 1.23 bits per heavy atom. The zero-order chi connectivity index (χ0) is 22.4. The number of aromatic nitrogens is 3. The van der Waals surface area contributed by atoms with Crippen LogP contribution < -0.4 is 10.1 Å². The molecule has 0 fully saturated rings. The number of nitrogens with one attached hydrogen (secondary N) is 1. The third kappa shape index (κ3) is 5.26. The SMILES string of the molecule is CCOC(=O)c1cc(CC)sc1NC(=O)CSc1nnc(-c2ccccc2OC)n1C. The van der Waals surface area contributed by atoms with Gasteiger partial charge < -0.3 is 19.4 Å². The van der Waals surface area contributed by atoms with Gasteiger partial charge in [-0.3, -0.25) is 4.79 Å². The second-order valence-corrected chi connectivity index (χ2v) is 8.51. The number of para-hydroxylation sites is 1. The molecule has 0 radical (unpaired) electrons. The monoisotopic (exact) mass is 460 g/mol. The molecule has 1 amide bonds. The van der Waals surface area contributed by atoms with Crippen molar-refractivity contribution >= 4 is 40.0 Å². The maximum atomic E-state index is 12.5. The number of hydrogen-bond donors (Lipinski definition) is 1. The average molecular weight is 461 g/mol. The molecule has 0 saturated carbocycles. The number of esters is 1. The maximum absolute atomic E-state index is 12.5. The van der Waals surface area contributed by atoms with Gasteiger partial charge in [-0.1, -0.05) is 30.8 Å². The summed E-state index contributed by atoms with van der Waals surface area (Å²) in [6, 6.07) is 9.32. The average Bonchev–Trinajstić information content (AvgIpc) is 3.35. The number of thiophene rings is 1. The van der Waals surface area contributed by atoms with Crippen LogP contribution in [0.15, 0.2) is 35.5 Å². The molecule has 1 N–H and O–H groups in total. The van der Waals surface area contributed by atoms with Crippen LogP contribution in [0.2, 0.25) is 0 Å². The maximum Gasteiger partial charge on any atom is 0.341 e. The van der Waals surface area contributed by atoms with Crippen molar-refractivity contribution in [2.45, 2.75) is 25.4 Å². The lowest BCUT2D eigenvalue weighted by molar-refractivity contribution is -0.113. The fourth-order valence-corrected chi connectivity index (χ4v) is 4.58. The number of benzene rings is 1. The standard InChI is InChI=1S/C21H24N4O4S2/c1-5-13-11-15(20(27)29-6-2)19(31-13)22-17(26)12-30-21-24-23-18(25(21)3)14-9-7-8-10-16(14)28-4/h7-11H,5-6,12H2,1-4H3,(H,22,26). The Morgan fingerprint density at radius 3 is 2.71 bits per heavy atom. The summed E-state index contributed by atoms with van der Waals surface area (Å²) in [5.74, 6) is 0.802. The summed E-state index contributed by atoms with van der Waals surface area (Å²) >= 11 is 2.65. The van der Waals surface area contributed by atoms with Gasteiger partial charge in [0.2, 0.25) is 5.91 Å². The third-order valence-electron chi connectivity index (χ3n) is 4.40. The van der Waals surface area contributed by atoms with Crippen molar-refractivity contribution in [3.05, 3.63) is 40.8 Å². The van der Waals surface area contributed by atoms with E-state index in [9.17, 15) is 9.59 Å². The molecule has 1 aromatic carbocycles. The van der Waals surface area contributed by atoms with E-state index in [-0.39, 0.29) is 18.3 Å². The molecule has 3 aromatic rings. The summed E-state index contributed by atoms with van der Waals surface area (Å²) in [6.07, 6.45) is 0.770. The summed E-state index contributed by atoms with van der Waals surface area (Å²) in [4.78, 5) is 25.7. The van der Waals surface area contributed by atoms with Crippen LogP contribution in [0.25, 0.3) is 11.4 Å². The van der Waals surface area contributed by atoms with Gasteiger partial charge in [-0.25, -0.2) is 4.79 Å². The van der Waals surface area contributed by atoms with Gasteiger partial charge in [0.1, 0.15) is 10.8 Å². The first-order chi connectivity index (χ1) is 15.0. The zero-order valence-corrected chi connectivity index (χ0v) is 19.4. The molecule has 8 nitrogen and oxygen atoms in total. The Labute approximate surface area is 189 Å². The number of carbonyl (C=O) groups excluding carboxylic acids is 2. The van der Waals surface area contributed by atoms with Gasteiger partial charge in [-0.15, -0.1) is 21.5 Å². The molecule has 2 aromatic heterocycles. The van der Waals surface area contributed by atoms with E-state index < -0.39 is 5.97 Å². The first-order valence-electron chi connectivity index (χ1n) is 9.73. The van der Waals surface area contributed by atoms with E-state index >= 15 is 0 Å². The summed E-state index contributed by atoms with van der Waals surface area (Å²) in [5.41, 5.74) is 1.21. The van der Waals surface area contributed by atoms with Gasteiger partial charge in [0.05, 0.1) is 30.6 Å². The van der Waals surface area contributed by atoms with E-state index in [1.54, 1.807) is 20.1 Å². The van der Waals surface area contributed by atoms with Gasteiger partial charge >= 0.3 is 5.97 Å². The number of amides is 1. The van der Waals surface area contributed by atoms with E-state index in [1.807, 2.05) is 42.8 Å². The minimum absolute atomic E-state index is 0.125. The van der Waals surface area contributed by atoms with Crippen molar-refractivity contribution in [3.63, 3.8) is 0 Å². The van der Waals surface area contributed by atoms with E-state index in [0.29, 0.717) is 27.3 Å². The number of anilines is 1. The molecule has 0 saturated heterocycles. The van der Waals surface area contributed by atoms with Gasteiger partial charge in [0, 0.05) is 11.9 Å². The molecular formula is C21H24N4O4S2. The number of methoxy groups -OCH3 is 1. The molecule has 10 heteroatoms. The van der Waals surface area contributed by atoms with Crippen LogP contribution in [0.4, 0.5) is 5.00 Å². The summed E-state index contributed by atoms with van der Waals surface area (Å²) in [5, 5.41) is 12.4. The Balaban J connectivity index is 1.69. The van der Waals surface area contributed by atoms with Crippen LogP contribution in [0.3, 0.4) is 0 Å². The van der Waals surface area contributed by atoms with E-state index in [4.69, 9.17) is 9.47 Å². The van der Waals surface area contributed by atoms with Crippen LogP contribution in [-0.4, -0.2) is 46.1 Å². The molecule has 31 heavy (non-hydrogen) atoms. The molecule has 2 heterocycles. The molecule has 0 aliphatic carbocycles. The fourth-order valence-electron chi connectivity index (χ4n) is 2.87. The fraction of sp³-hybridized carbons (Fsp3) is 0.333. The van der Waals surface area contributed by atoms with E-state index in [1.165, 1.54) is 23.1 Å². The molecular weight excluding hydrogens is 436 g/mol. The van der Waals surface area contributed by atoms with Crippen LogP contribution in [-0.2, 0) is 23.0 Å². The van der Waals surface area contributed by atoms with Crippen molar-refractivity contribution in [2.24, 2.45) is 7.05 Å². The van der Waals surface area contributed by atoms with Crippen LogP contribution in [0, 0.1) is 0 Å². The number of thioether (sulfide) groups is 1. The smallest absolute Gasteiger partial charge is 0.341 e. The molecule has 0 bridgehead atoms. The lowest BCUT2D eigenvalue weighted by Gasteiger charge is -2.08. The second-order valence-electron chi connectivity index (χ2n) is 6.43. The number of ether oxygens (including phenoxy) is 2. The third-order valence-corrected chi connectivity index (χ3v) is 6.61. The Hall–Kier alpha value is -2.85. The van der Waals surface area contributed by atoms with Crippen molar-refractivity contribution in [3.8, 4) is 17.1 Å². The number of nitrogens with zero attached hydrogens (tertiary/aromatic N) is 3. The molecule has 164 valence electrons. The number of hydrogen-bond acceptors (Lipinski definition) is 8. The van der Waals surface area contributed by atoms with Gasteiger partial charge in [0.25, 0.3) is 0 Å². The normalized spacial score (nSPS) is 10.7. The molecule has 0 unspecified atom stereocenters. The van der Waals surface area contributed by atoms with E-state index in [0.717, 1.165) is 16.9 Å². The predicted molar refractivity (Wildman–Crippen MR) is 122 cm³/mol. The van der Waals surface area contributed by atoms with Crippen LogP contribution in [0.1, 0.15) is 29.1 Å². The highest BCUT2D eigenvalue weighted by Crippen LogP contribution is 2.31. The predicted octanol–water partition coefficient (Wildman–Crippen LogP) is 4.02. The molecule has 0 spiro atoms. The number of rotatable bonds is 9. The summed E-state index contributed by atoms with van der Waals surface area (Å²) in [7, 11) is 3.45. The lowest BCUT2D eigenvalue weighted by atomic mass is 10.2.